The zero-order valence-corrected chi connectivity index (χ0v) is 19.3. The maximum atomic E-state index is 13.1. The van der Waals surface area contributed by atoms with E-state index in [1.807, 2.05) is 12.1 Å². The fourth-order valence-corrected chi connectivity index (χ4v) is 5.44. The van der Waals surface area contributed by atoms with Crippen LogP contribution in [0.25, 0.3) is 0 Å². The normalized spacial score (nSPS) is 15.4. The first kappa shape index (κ1) is 23.8. The zero-order chi connectivity index (χ0) is 23.5. The molecule has 1 saturated heterocycles. The molecule has 11 heteroatoms. The van der Waals surface area contributed by atoms with Crippen molar-refractivity contribution in [3.63, 3.8) is 0 Å². The van der Waals surface area contributed by atoms with E-state index in [1.54, 1.807) is 28.3 Å². The molecule has 0 aromatic heterocycles. The Balaban J connectivity index is 1.75. The number of benzene rings is 2. The molecule has 10 nitrogen and oxygen atoms in total. The van der Waals surface area contributed by atoms with Gasteiger partial charge in [-0.2, -0.15) is 4.31 Å². The van der Waals surface area contributed by atoms with Gasteiger partial charge in [0, 0.05) is 50.4 Å². The third kappa shape index (κ3) is 4.64. The van der Waals surface area contributed by atoms with Crippen molar-refractivity contribution >= 4 is 15.7 Å². The Morgan fingerprint density at radius 1 is 0.969 bits per heavy atom. The molecule has 0 N–H and O–H groups in total. The summed E-state index contributed by atoms with van der Waals surface area (Å²) in [6, 6.07) is 7.61. The number of ether oxygens (including phenoxy) is 3. The molecule has 1 heterocycles. The lowest BCUT2D eigenvalue weighted by Crippen LogP contribution is -2.48. The van der Waals surface area contributed by atoms with Crippen molar-refractivity contribution in [3.05, 3.63) is 51.6 Å². The first-order valence-corrected chi connectivity index (χ1v) is 11.4. The van der Waals surface area contributed by atoms with Crippen molar-refractivity contribution in [2.24, 2.45) is 0 Å². The minimum absolute atomic E-state index is 0.0262. The number of hydrogen-bond donors (Lipinski definition) is 0. The number of piperazine rings is 1. The molecule has 1 aliphatic heterocycles. The molecule has 0 radical (unpaired) electrons. The number of nitro benzene ring substituents is 1. The average Bonchev–Trinajstić information content (AvgIpc) is 2.78. The second-order valence-corrected chi connectivity index (χ2v) is 9.29. The van der Waals surface area contributed by atoms with Crippen LogP contribution in [0.2, 0.25) is 0 Å². The van der Waals surface area contributed by atoms with Crippen LogP contribution in [0.3, 0.4) is 0 Å². The highest BCUT2D eigenvalue weighted by Gasteiger charge is 2.31. The molecule has 0 amide bonds. The van der Waals surface area contributed by atoms with E-state index in [-0.39, 0.29) is 23.7 Å². The molecule has 2 aromatic carbocycles. The van der Waals surface area contributed by atoms with Crippen molar-refractivity contribution < 1.29 is 27.6 Å². The Morgan fingerprint density at radius 2 is 1.62 bits per heavy atom. The average molecular weight is 466 g/mol. The molecule has 0 saturated carbocycles. The Bertz CT molecular complexity index is 1100. The van der Waals surface area contributed by atoms with Crippen LogP contribution in [0.15, 0.2) is 35.2 Å². The van der Waals surface area contributed by atoms with Gasteiger partial charge < -0.3 is 14.2 Å². The molecule has 2 aromatic rings. The lowest BCUT2D eigenvalue weighted by atomic mass is 10.1. The summed E-state index contributed by atoms with van der Waals surface area (Å²) in [6.45, 7) is 3.75. The van der Waals surface area contributed by atoms with Gasteiger partial charge in [-0.3, -0.25) is 15.0 Å². The van der Waals surface area contributed by atoms with Crippen LogP contribution < -0.4 is 14.2 Å². The van der Waals surface area contributed by atoms with Gasteiger partial charge in [-0.1, -0.05) is 12.1 Å². The summed E-state index contributed by atoms with van der Waals surface area (Å²) >= 11 is 0. The molecule has 1 fully saturated rings. The summed E-state index contributed by atoms with van der Waals surface area (Å²) in [5, 5.41) is 11.1. The highest BCUT2D eigenvalue weighted by molar-refractivity contribution is 7.89. The third-order valence-electron chi connectivity index (χ3n) is 5.51. The van der Waals surface area contributed by atoms with Gasteiger partial charge in [0.2, 0.25) is 15.8 Å². The number of nitrogens with zero attached hydrogens (tertiary/aromatic N) is 3. The van der Waals surface area contributed by atoms with Crippen LogP contribution in [-0.2, 0) is 16.6 Å². The van der Waals surface area contributed by atoms with Gasteiger partial charge in [0.15, 0.2) is 11.5 Å². The molecule has 3 rings (SSSR count). The van der Waals surface area contributed by atoms with Gasteiger partial charge >= 0.3 is 0 Å². The van der Waals surface area contributed by atoms with E-state index < -0.39 is 14.9 Å². The topological polar surface area (TPSA) is 111 Å². The van der Waals surface area contributed by atoms with Gasteiger partial charge in [0.25, 0.3) is 5.69 Å². The second kappa shape index (κ2) is 9.72. The number of rotatable bonds is 8. The number of sulfonamides is 1. The van der Waals surface area contributed by atoms with Crippen molar-refractivity contribution in [1.29, 1.82) is 0 Å². The molecule has 32 heavy (non-hydrogen) atoms. The lowest BCUT2D eigenvalue weighted by molar-refractivity contribution is -0.385. The predicted octanol–water partition coefficient (Wildman–Crippen LogP) is 2.44. The Labute approximate surface area is 187 Å². The van der Waals surface area contributed by atoms with Crippen LogP contribution in [0.4, 0.5) is 5.69 Å². The van der Waals surface area contributed by atoms with E-state index in [4.69, 9.17) is 14.2 Å². The Hall–Kier alpha value is -2.89. The fourth-order valence-electron chi connectivity index (χ4n) is 3.78. The molecule has 1 aliphatic rings. The van der Waals surface area contributed by atoms with Crippen LogP contribution in [-0.4, -0.2) is 70.1 Å². The summed E-state index contributed by atoms with van der Waals surface area (Å²) in [5.41, 5.74) is 1.14. The number of methoxy groups -OCH3 is 3. The Kier molecular flexibility index (Phi) is 7.22. The quantitative estimate of drug-likeness (QED) is 0.432. The summed E-state index contributed by atoms with van der Waals surface area (Å²) < 4.78 is 43.9. The van der Waals surface area contributed by atoms with Crippen molar-refractivity contribution in [3.8, 4) is 17.2 Å². The molecule has 0 aliphatic carbocycles. The smallest absolute Gasteiger partial charge is 0.270 e. The van der Waals surface area contributed by atoms with Crippen molar-refractivity contribution in [2.45, 2.75) is 18.4 Å². The standard InChI is InChI=1S/C21H27N3O7S/c1-15-5-7-17(24(25)26)13-19(15)32(27,28)23-11-9-22(10-12-23)14-16-6-8-18(29-2)21(31-4)20(16)30-3/h5-8,13H,9-12,14H2,1-4H3. The summed E-state index contributed by atoms with van der Waals surface area (Å²) in [4.78, 5) is 12.6. The lowest BCUT2D eigenvalue weighted by Gasteiger charge is -2.34. The van der Waals surface area contributed by atoms with Crippen LogP contribution in [0.1, 0.15) is 11.1 Å². The van der Waals surface area contributed by atoms with Gasteiger partial charge in [-0.05, 0) is 18.6 Å². The monoisotopic (exact) mass is 465 g/mol. The highest BCUT2D eigenvalue weighted by Crippen LogP contribution is 2.40. The Morgan fingerprint density at radius 3 is 2.19 bits per heavy atom. The minimum Gasteiger partial charge on any atom is -0.493 e. The maximum Gasteiger partial charge on any atom is 0.270 e. The third-order valence-corrected chi connectivity index (χ3v) is 7.55. The fraction of sp³-hybridized carbons (Fsp3) is 0.429. The zero-order valence-electron chi connectivity index (χ0n) is 18.5. The number of aryl methyl sites for hydroxylation is 1. The minimum atomic E-state index is -3.84. The largest absolute Gasteiger partial charge is 0.493 e. The van der Waals surface area contributed by atoms with E-state index in [1.165, 1.54) is 16.4 Å². The van der Waals surface area contributed by atoms with Gasteiger partial charge in [-0.15, -0.1) is 0 Å². The van der Waals surface area contributed by atoms with Gasteiger partial charge in [0.1, 0.15) is 0 Å². The molecular formula is C21H27N3O7S. The summed E-state index contributed by atoms with van der Waals surface area (Å²) in [5.74, 6) is 1.65. The van der Waals surface area contributed by atoms with E-state index in [0.717, 1.165) is 11.6 Å². The van der Waals surface area contributed by atoms with Crippen LogP contribution in [0, 0.1) is 17.0 Å². The number of non-ortho nitro benzene ring substituents is 1. The van der Waals surface area contributed by atoms with E-state index in [9.17, 15) is 18.5 Å². The maximum absolute atomic E-state index is 13.1. The van der Waals surface area contributed by atoms with Gasteiger partial charge in [0.05, 0.1) is 31.1 Å². The molecule has 0 atom stereocenters. The van der Waals surface area contributed by atoms with E-state index >= 15 is 0 Å². The second-order valence-electron chi connectivity index (χ2n) is 7.38. The first-order valence-electron chi connectivity index (χ1n) is 9.98. The summed E-state index contributed by atoms with van der Waals surface area (Å²) in [7, 11) is 0.826. The van der Waals surface area contributed by atoms with E-state index in [2.05, 4.69) is 4.90 Å². The van der Waals surface area contributed by atoms with E-state index in [0.29, 0.717) is 42.4 Å². The molecular weight excluding hydrogens is 438 g/mol. The number of hydrogen-bond acceptors (Lipinski definition) is 8. The molecule has 0 spiro atoms. The molecule has 0 bridgehead atoms. The number of nitro groups is 1. The SMILES string of the molecule is COc1ccc(CN2CCN(S(=O)(=O)c3cc([N+](=O)[O-])ccc3C)CC2)c(OC)c1OC. The molecule has 174 valence electrons. The molecule has 0 unspecified atom stereocenters. The summed E-state index contributed by atoms with van der Waals surface area (Å²) in [6.07, 6.45) is 0. The van der Waals surface area contributed by atoms with Crippen LogP contribution >= 0.6 is 0 Å². The van der Waals surface area contributed by atoms with Crippen molar-refractivity contribution in [1.82, 2.24) is 9.21 Å². The van der Waals surface area contributed by atoms with Gasteiger partial charge in [-0.25, -0.2) is 8.42 Å². The first-order chi connectivity index (χ1) is 15.2. The van der Waals surface area contributed by atoms with Crippen molar-refractivity contribution in [2.75, 3.05) is 47.5 Å². The van der Waals surface area contributed by atoms with Crippen LogP contribution in [0.5, 0.6) is 17.2 Å². The predicted molar refractivity (Wildman–Crippen MR) is 118 cm³/mol. The highest BCUT2D eigenvalue weighted by atomic mass is 32.2.